The highest BCUT2D eigenvalue weighted by Crippen LogP contribution is 2.39. The first-order valence-corrected chi connectivity index (χ1v) is 10.5. The number of carbonyl (C=O) groups is 2. The van der Waals surface area contributed by atoms with Gasteiger partial charge in [0.05, 0.1) is 24.7 Å². The highest BCUT2D eigenvalue weighted by Gasteiger charge is 2.30. The van der Waals surface area contributed by atoms with Gasteiger partial charge in [-0.3, -0.25) is 9.59 Å². The molecule has 2 saturated carbocycles. The van der Waals surface area contributed by atoms with Gasteiger partial charge in [-0.05, 0) is 31.7 Å². The first-order valence-electron chi connectivity index (χ1n) is 12.0. The number of nitrogens with zero attached hydrogens (tertiary/aromatic N) is 6. The van der Waals surface area contributed by atoms with Crippen LogP contribution in [0.15, 0.2) is 24.5 Å². The molecule has 12 nitrogen and oxygen atoms in total. The molecule has 2 amide bonds. The van der Waals surface area contributed by atoms with Crippen molar-refractivity contribution in [3.05, 3.63) is 35.9 Å². The maximum Gasteiger partial charge on any atom is 0.273 e. The fraction of sp³-hybridized carbons (Fsp3) is 0.381. The Labute approximate surface area is 193 Å². The van der Waals surface area contributed by atoms with Crippen molar-refractivity contribution in [3.8, 4) is 11.4 Å². The first-order chi connectivity index (χ1) is 17.2. The number of anilines is 3. The van der Waals surface area contributed by atoms with Crippen molar-refractivity contribution in [1.82, 2.24) is 35.5 Å². The molecule has 2 fully saturated rings. The van der Waals surface area contributed by atoms with E-state index in [2.05, 4.69) is 36.0 Å². The molecule has 2 aliphatic carbocycles. The molecular formula is C21H23N9O3. The van der Waals surface area contributed by atoms with Crippen molar-refractivity contribution in [2.24, 2.45) is 5.92 Å². The Hall–Kier alpha value is -4.09. The van der Waals surface area contributed by atoms with E-state index in [-0.39, 0.29) is 40.6 Å². The maximum absolute atomic E-state index is 12.7. The molecule has 0 radical (unpaired) electrons. The summed E-state index contributed by atoms with van der Waals surface area (Å²) in [5.74, 6) is -0.295. The molecule has 3 aromatic heterocycles. The second-order valence-electron chi connectivity index (χ2n) is 7.88. The first kappa shape index (κ1) is 17.5. The zero-order chi connectivity index (χ0) is 25.4. The molecule has 3 heterocycles. The summed E-state index contributed by atoms with van der Waals surface area (Å²) in [6.07, 6.45) is 6.96. The largest absolute Gasteiger partial charge is 0.491 e. The second kappa shape index (κ2) is 8.45. The van der Waals surface area contributed by atoms with Crippen molar-refractivity contribution in [1.29, 1.82) is 0 Å². The molecule has 0 atom stereocenters. The molecule has 5 rings (SSSR count). The van der Waals surface area contributed by atoms with Crippen LogP contribution in [0, 0.1) is 5.92 Å². The number of rotatable bonds is 8. The minimum Gasteiger partial charge on any atom is -0.491 e. The summed E-state index contributed by atoms with van der Waals surface area (Å²) < 4.78 is 27.6. The number of hydrogen-bond donors (Lipinski definition) is 3. The van der Waals surface area contributed by atoms with Crippen LogP contribution in [-0.4, -0.2) is 56.1 Å². The molecule has 0 spiro atoms. The lowest BCUT2D eigenvalue weighted by Gasteiger charge is -2.15. The van der Waals surface area contributed by atoms with Gasteiger partial charge in [0, 0.05) is 35.2 Å². The highest BCUT2D eigenvalue weighted by molar-refractivity contribution is 5.99. The normalized spacial score (nSPS) is 16.8. The zero-order valence-electron chi connectivity index (χ0n) is 20.7. The van der Waals surface area contributed by atoms with E-state index in [1.54, 1.807) is 12.3 Å². The van der Waals surface area contributed by atoms with Gasteiger partial charge in [-0.15, -0.1) is 15.0 Å². The molecular weight excluding hydrogens is 426 g/mol. The minimum absolute atomic E-state index is 0.0629. The fourth-order valence-corrected chi connectivity index (χ4v) is 3.32. The van der Waals surface area contributed by atoms with Crippen LogP contribution < -0.4 is 20.7 Å². The van der Waals surface area contributed by atoms with Gasteiger partial charge in [0.25, 0.3) is 5.91 Å². The predicted octanol–water partition coefficient (Wildman–Crippen LogP) is 1.79. The number of methoxy groups -OCH3 is 1. The van der Waals surface area contributed by atoms with Gasteiger partial charge in [-0.25, -0.2) is 4.98 Å². The Morgan fingerprint density at radius 1 is 1.24 bits per heavy atom. The smallest absolute Gasteiger partial charge is 0.273 e. The number of nitrogens with one attached hydrogen (secondary N) is 3. The van der Waals surface area contributed by atoms with E-state index < -0.39 is 12.9 Å². The van der Waals surface area contributed by atoms with Crippen LogP contribution in [0.25, 0.3) is 5.69 Å². The third-order valence-electron chi connectivity index (χ3n) is 5.38. The molecule has 0 aliphatic heterocycles. The molecule has 3 aromatic rings. The van der Waals surface area contributed by atoms with Crippen molar-refractivity contribution >= 4 is 29.1 Å². The van der Waals surface area contributed by atoms with Gasteiger partial charge in [0.2, 0.25) is 5.91 Å². The summed E-state index contributed by atoms with van der Waals surface area (Å²) >= 11 is 0. The van der Waals surface area contributed by atoms with Crippen molar-refractivity contribution in [2.75, 3.05) is 24.7 Å². The van der Waals surface area contributed by atoms with E-state index >= 15 is 0 Å². The highest BCUT2D eigenvalue weighted by atomic mass is 16.5. The van der Waals surface area contributed by atoms with E-state index in [1.165, 1.54) is 24.2 Å². The van der Waals surface area contributed by atoms with Crippen LogP contribution in [-0.2, 0) is 4.79 Å². The van der Waals surface area contributed by atoms with Gasteiger partial charge >= 0.3 is 0 Å². The van der Waals surface area contributed by atoms with Crippen LogP contribution in [0.3, 0.4) is 0 Å². The topological polar surface area (TPSA) is 149 Å². The van der Waals surface area contributed by atoms with Crippen molar-refractivity contribution < 1.29 is 18.4 Å². The number of carbonyl (C=O) groups excluding carboxylic acids is 2. The summed E-state index contributed by atoms with van der Waals surface area (Å²) in [6, 6.07) is 3.06. The van der Waals surface area contributed by atoms with Crippen LogP contribution in [0.4, 0.5) is 17.3 Å². The molecule has 170 valence electrons. The SMILES string of the molecule is [2H]C([2H])([2H])NC(=O)c1nnc(NC(=O)C2CC2)cc1Nc1nccc(-n2ncc(C3CC3)n2)c1OC. The van der Waals surface area contributed by atoms with Gasteiger partial charge in [-0.2, -0.15) is 10.2 Å². The van der Waals surface area contributed by atoms with Crippen LogP contribution in [0.2, 0.25) is 0 Å². The quantitative estimate of drug-likeness (QED) is 0.465. The average Bonchev–Trinajstić information content (AvgIpc) is 3.76. The van der Waals surface area contributed by atoms with E-state index in [1.807, 2.05) is 5.32 Å². The third kappa shape index (κ3) is 4.31. The Morgan fingerprint density at radius 3 is 2.82 bits per heavy atom. The van der Waals surface area contributed by atoms with Crippen LogP contribution >= 0.6 is 0 Å². The lowest BCUT2D eigenvalue weighted by molar-refractivity contribution is -0.117. The molecule has 0 unspecified atom stereocenters. The average molecular weight is 452 g/mol. The summed E-state index contributed by atoms with van der Waals surface area (Å²) in [5.41, 5.74) is 1.15. The van der Waals surface area contributed by atoms with Crippen molar-refractivity contribution in [3.63, 3.8) is 0 Å². The lowest BCUT2D eigenvalue weighted by atomic mass is 10.2. The minimum atomic E-state index is -2.74. The van der Waals surface area contributed by atoms with Gasteiger partial charge in [0.15, 0.2) is 23.1 Å². The van der Waals surface area contributed by atoms with Crippen molar-refractivity contribution in [2.45, 2.75) is 31.6 Å². The van der Waals surface area contributed by atoms with E-state index in [0.29, 0.717) is 11.6 Å². The molecule has 2 aliphatic rings. The standard InChI is InChI=1S/C21H23N9O3/c1-22-21(32)17-13(9-16(27-28-17)26-20(31)12-5-6-12)25-19-18(33-2)15(7-8-23-19)30-24-10-14(29-30)11-3-4-11/h7-12H,3-6H2,1-2H3,(H,22,32)(H2,23,25,26,27,31)/i1D3. The maximum atomic E-state index is 12.7. The lowest BCUT2D eigenvalue weighted by Crippen LogP contribution is -2.22. The fourth-order valence-electron chi connectivity index (χ4n) is 3.32. The Kier molecular flexibility index (Phi) is 4.47. The summed E-state index contributed by atoms with van der Waals surface area (Å²) in [6.45, 7) is -2.74. The van der Waals surface area contributed by atoms with E-state index in [4.69, 9.17) is 8.85 Å². The Bertz CT molecular complexity index is 1320. The summed E-state index contributed by atoms with van der Waals surface area (Å²) in [5, 5.41) is 24.1. The predicted molar refractivity (Wildman–Crippen MR) is 118 cm³/mol. The Morgan fingerprint density at radius 2 is 2.09 bits per heavy atom. The molecule has 3 N–H and O–H groups in total. The molecule has 0 bridgehead atoms. The number of ether oxygens (including phenoxy) is 1. The zero-order valence-corrected chi connectivity index (χ0v) is 17.7. The summed E-state index contributed by atoms with van der Waals surface area (Å²) in [7, 11) is 1.45. The van der Waals surface area contributed by atoms with Gasteiger partial charge < -0.3 is 20.7 Å². The molecule has 0 aromatic carbocycles. The van der Waals surface area contributed by atoms with Gasteiger partial charge in [-0.1, -0.05) is 0 Å². The molecule has 12 heteroatoms. The second-order valence-corrected chi connectivity index (χ2v) is 7.88. The third-order valence-corrected chi connectivity index (χ3v) is 5.38. The molecule has 0 saturated heterocycles. The number of hydrogen-bond acceptors (Lipinski definition) is 9. The van der Waals surface area contributed by atoms with E-state index in [9.17, 15) is 9.59 Å². The number of amides is 2. The van der Waals surface area contributed by atoms with Gasteiger partial charge in [0.1, 0.15) is 5.69 Å². The van der Waals surface area contributed by atoms with Crippen LogP contribution in [0.5, 0.6) is 5.75 Å². The van der Waals surface area contributed by atoms with Crippen LogP contribution in [0.1, 0.15) is 51.9 Å². The molecule has 33 heavy (non-hydrogen) atoms. The van der Waals surface area contributed by atoms with E-state index in [0.717, 1.165) is 31.4 Å². The number of pyridine rings is 1. The monoisotopic (exact) mass is 452 g/mol. The number of aromatic nitrogens is 6. The Balaban J connectivity index is 1.49. The summed E-state index contributed by atoms with van der Waals surface area (Å²) in [4.78, 5) is 30.6.